The summed E-state index contributed by atoms with van der Waals surface area (Å²) < 4.78 is 43.9. The van der Waals surface area contributed by atoms with E-state index in [1.54, 1.807) is 0 Å². The van der Waals surface area contributed by atoms with Gasteiger partial charge in [-0.25, -0.2) is 13.2 Å². The van der Waals surface area contributed by atoms with E-state index in [0.717, 1.165) is 0 Å². The minimum absolute atomic E-state index is 0.0677. The lowest BCUT2D eigenvalue weighted by atomic mass is 10.1. The molecular formula is C13H16F3NO3. The van der Waals surface area contributed by atoms with Crippen molar-refractivity contribution in [1.82, 2.24) is 5.32 Å². The second-order valence-corrected chi connectivity index (χ2v) is 4.07. The molecule has 0 saturated carbocycles. The number of nitrogens with one attached hydrogen (secondary N) is 1. The zero-order valence-corrected chi connectivity index (χ0v) is 10.8. The van der Waals surface area contributed by atoms with Gasteiger partial charge in [-0.3, -0.25) is 4.79 Å². The first-order chi connectivity index (χ1) is 9.54. The lowest BCUT2D eigenvalue weighted by molar-refractivity contribution is -0.120. The van der Waals surface area contributed by atoms with Gasteiger partial charge in [0.1, 0.15) is 5.82 Å². The summed E-state index contributed by atoms with van der Waals surface area (Å²) in [5, 5.41) is 11.0. The number of hydrogen-bond donors (Lipinski definition) is 2. The molecule has 0 atom stereocenters. The maximum absolute atomic E-state index is 13.3. The van der Waals surface area contributed by atoms with Crippen LogP contribution in [0.5, 0.6) is 0 Å². The highest BCUT2D eigenvalue weighted by Crippen LogP contribution is 2.14. The summed E-state index contributed by atoms with van der Waals surface area (Å²) in [6, 6.07) is 1.09. The van der Waals surface area contributed by atoms with Crippen LogP contribution >= 0.6 is 0 Å². The Bertz CT molecular complexity index is 455. The van der Waals surface area contributed by atoms with Gasteiger partial charge in [-0.1, -0.05) is 0 Å². The van der Waals surface area contributed by atoms with Crippen molar-refractivity contribution in [3.05, 3.63) is 35.1 Å². The summed E-state index contributed by atoms with van der Waals surface area (Å²) in [5.41, 5.74) is -0.196. The zero-order valence-electron chi connectivity index (χ0n) is 10.8. The molecule has 1 aromatic carbocycles. The van der Waals surface area contributed by atoms with E-state index in [0.29, 0.717) is 31.7 Å². The van der Waals surface area contributed by atoms with E-state index in [1.807, 2.05) is 0 Å². The maximum Gasteiger partial charge on any atom is 0.224 e. The van der Waals surface area contributed by atoms with Gasteiger partial charge in [-0.2, -0.15) is 0 Å². The third-order valence-electron chi connectivity index (χ3n) is 2.46. The fourth-order valence-electron chi connectivity index (χ4n) is 1.50. The Morgan fingerprint density at radius 3 is 2.55 bits per heavy atom. The molecule has 20 heavy (non-hydrogen) atoms. The highest BCUT2D eigenvalue weighted by atomic mass is 19.2. The normalized spacial score (nSPS) is 10.6. The average Bonchev–Trinajstić information content (AvgIpc) is 2.40. The fourth-order valence-corrected chi connectivity index (χ4v) is 1.50. The lowest BCUT2D eigenvalue weighted by Crippen LogP contribution is -2.27. The van der Waals surface area contributed by atoms with Crippen LogP contribution < -0.4 is 5.32 Å². The molecule has 2 N–H and O–H groups in total. The number of hydrogen-bond acceptors (Lipinski definition) is 3. The molecule has 0 bridgehead atoms. The van der Waals surface area contributed by atoms with Crippen molar-refractivity contribution < 1.29 is 27.8 Å². The van der Waals surface area contributed by atoms with Crippen LogP contribution in [0.3, 0.4) is 0 Å². The van der Waals surface area contributed by atoms with Crippen molar-refractivity contribution in [3.8, 4) is 0 Å². The Labute approximate surface area is 114 Å². The second-order valence-electron chi connectivity index (χ2n) is 4.07. The maximum atomic E-state index is 13.3. The van der Waals surface area contributed by atoms with Crippen LogP contribution in [-0.4, -0.2) is 37.4 Å². The van der Waals surface area contributed by atoms with E-state index in [1.165, 1.54) is 0 Å². The predicted molar refractivity (Wildman–Crippen MR) is 65.6 cm³/mol. The molecule has 112 valence electrons. The highest BCUT2D eigenvalue weighted by Gasteiger charge is 2.12. The quantitative estimate of drug-likeness (QED) is 0.558. The van der Waals surface area contributed by atoms with E-state index in [-0.39, 0.29) is 25.2 Å². The average molecular weight is 291 g/mol. The van der Waals surface area contributed by atoms with E-state index in [2.05, 4.69) is 5.32 Å². The first-order valence-corrected chi connectivity index (χ1v) is 6.13. The van der Waals surface area contributed by atoms with E-state index in [9.17, 15) is 18.0 Å². The summed E-state index contributed by atoms with van der Waals surface area (Å²) in [4.78, 5) is 11.5. The van der Waals surface area contributed by atoms with Crippen molar-refractivity contribution in [2.75, 3.05) is 26.4 Å². The molecule has 0 aliphatic carbocycles. The van der Waals surface area contributed by atoms with Crippen LogP contribution in [-0.2, 0) is 16.0 Å². The van der Waals surface area contributed by atoms with Crippen molar-refractivity contribution in [1.29, 1.82) is 0 Å². The summed E-state index contributed by atoms with van der Waals surface area (Å²) >= 11 is 0. The number of aliphatic hydroxyl groups excluding tert-OH is 1. The summed E-state index contributed by atoms with van der Waals surface area (Å²) in [7, 11) is 0. The Morgan fingerprint density at radius 1 is 1.15 bits per heavy atom. The van der Waals surface area contributed by atoms with Gasteiger partial charge in [0, 0.05) is 24.8 Å². The third kappa shape index (κ3) is 5.58. The molecule has 0 fully saturated rings. The molecule has 0 unspecified atom stereocenters. The topological polar surface area (TPSA) is 58.6 Å². The molecule has 1 amide bonds. The van der Waals surface area contributed by atoms with Crippen molar-refractivity contribution >= 4 is 5.91 Å². The standard InChI is InChI=1S/C13H16F3NO3/c14-10-8-12(16)11(15)6-9(10)7-13(19)17-2-1-4-20-5-3-18/h6,8,18H,1-5,7H2,(H,17,19). The van der Waals surface area contributed by atoms with Crippen LogP contribution in [0.2, 0.25) is 0 Å². The molecule has 1 rings (SSSR count). The molecule has 7 heteroatoms. The van der Waals surface area contributed by atoms with E-state index < -0.39 is 23.4 Å². The Hall–Kier alpha value is -1.60. The molecule has 1 aromatic rings. The van der Waals surface area contributed by atoms with Crippen LogP contribution in [0.15, 0.2) is 12.1 Å². The van der Waals surface area contributed by atoms with E-state index in [4.69, 9.17) is 9.84 Å². The minimum atomic E-state index is -1.28. The van der Waals surface area contributed by atoms with Gasteiger partial charge in [0.15, 0.2) is 11.6 Å². The number of aliphatic hydroxyl groups is 1. The first kappa shape index (κ1) is 16.5. The van der Waals surface area contributed by atoms with Gasteiger partial charge in [0.25, 0.3) is 0 Å². The third-order valence-corrected chi connectivity index (χ3v) is 2.46. The molecule has 0 radical (unpaired) electrons. The monoisotopic (exact) mass is 291 g/mol. The fraction of sp³-hybridized carbons (Fsp3) is 0.462. The molecule has 0 saturated heterocycles. The number of halogens is 3. The van der Waals surface area contributed by atoms with Crippen molar-refractivity contribution in [3.63, 3.8) is 0 Å². The largest absolute Gasteiger partial charge is 0.394 e. The number of carbonyl (C=O) groups excluding carboxylic acids is 1. The van der Waals surface area contributed by atoms with Crippen LogP contribution in [0.25, 0.3) is 0 Å². The van der Waals surface area contributed by atoms with Gasteiger partial charge >= 0.3 is 0 Å². The Morgan fingerprint density at radius 2 is 1.85 bits per heavy atom. The van der Waals surface area contributed by atoms with Gasteiger partial charge in [-0.15, -0.1) is 0 Å². The zero-order chi connectivity index (χ0) is 15.0. The highest BCUT2D eigenvalue weighted by molar-refractivity contribution is 5.78. The second kappa shape index (κ2) is 8.55. The molecule has 0 aliphatic heterocycles. The SMILES string of the molecule is O=C(Cc1cc(F)c(F)cc1F)NCCCOCCO. The number of benzene rings is 1. The van der Waals surface area contributed by atoms with Gasteiger partial charge in [0.05, 0.1) is 19.6 Å². The number of ether oxygens (including phenoxy) is 1. The van der Waals surface area contributed by atoms with E-state index >= 15 is 0 Å². The summed E-state index contributed by atoms with van der Waals surface area (Å²) in [5.74, 6) is -3.92. The molecular weight excluding hydrogens is 275 g/mol. The molecule has 0 spiro atoms. The number of amides is 1. The molecule has 4 nitrogen and oxygen atoms in total. The van der Waals surface area contributed by atoms with Crippen molar-refractivity contribution in [2.24, 2.45) is 0 Å². The first-order valence-electron chi connectivity index (χ1n) is 6.13. The number of carbonyl (C=O) groups is 1. The Balaban J connectivity index is 2.34. The lowest BCUT2D eigenvalue weighted by Gasteiger charge is -2.07. The van der Waals surface area contributed by atoms with Gasteiger partial charge in [-0.05, 0) is 12.5 Å². The number of rotatable bonds is 8. The predicted octanol–water partition coefficient (Wildman–Crippen LogP) is 1.16. The van der Waals surface area contributed by atoms with Crippen molar-refractivity contribution in [2.45, 2.75) is 12.8 Å². The summed E-state index contributed by atoms with van der Waals surface area (Å²) in [6.07, 6.45) is 0.173. The van der Waals surface area contributed by atoms with Gasteiger partial charge < -0.3 is 15.2 Å². The molecule has 0 aromatic heterocycles. The minimum Gasteiger partial charge on any atom is -0.394 e. The van der Waals surface area contributed by atoms with Gasteiger partial charge in [0.2, 0.25) is 5.91 Å². The summed E-state index contributed by atoms with van der Waals surface area (Å²) in [6.45, 7) is 0.853. The molecule has 0 aliphatic rings. The Kier molecular flexibility index (Phi) is 7.03. The van der Waals surface area contributed by atoms with Crippen LogP contribution in [0, 0.1) is 17.5 Å². The smallest absolute Gasteiger partial charge is 0.224 e. The molecule has 0 heterocycles. The van der Waals surface area contributed by atoms with Crippen LogP contribution in [0.4, 0.5) is 13.2 Å². The van der Waals surface area contributed by atoms with Crippen LogP contribution in [0.1, 0.15) is 12.0 Å².